The summed E-state index contributed by atoms with van der Waals surface area (Å²) >= 11 is 0. The molecule has 160 valence electrons. The molecule has 0 spiro atoms. The Hall–Kier alpha value is -4.40. The SMILES string of the molecule is COc1ccc(-c2cc(CNC(=O)c3cc(-c4ccc5c(c4)OCO5)n[nH]3)ncn2)cc1. The second-order valence-corrected chi connectivity index (χ2v) is 7.04. The summed E-state index contributed by atoms with van der Waals surface area (Å²) in [7, 11) is 1.62. The van der Waals surface area contributed by atoms with Gasteiger partial charge in [0.2, 0.25) is 6.79 Å². The molecule has 0 atom stereocenters. The maximum Gasteiger partial charge on any atom is 0.269 e. The van der Waals surface area contributed by atoms with Crippen molar-refractivity contribution >= 4 is 5.91 Å². The van der Waals surface area contributed by atoms with Crippen LogP contribution in [0.2, 0.25) is 0 Å². The number of benzene rings is 2. The van der Waals surface area contributed by atoms with E-state index in [1.807, 2.05) is 48.5 Å². The standard InChI is InChI=1S/C23H19N5O4/c1-30-17-5-2-14(3-6-17)18-9-16(25-12-26-18)11-24-23(29)20-10-19(27-28-20)15-4-7-21-22(8-15)32-13-31-21/h2-10,12H,11,13H2,1H3,(H,24,29)(H,27,28). The minimum absolute atomic E-state index is 0.205. The van der Waals surface area contributed by atoms with Gasteiger partial charge in [-0.2, -0.15) is 5.10 Å². The van der Waals surface area contributed by atoms with Gasteiger partial charge >= 0.3 is 0 Å². The molecular weight excluding hydrogens is 410 g/mol. The number of rotatable bonds is 6. The topological polar surface area (TPSA) is 111 Å². The van der Waals surface area contributed by atoms with E-state index in [1.165, 1.54) is 6.33 Å². The van der Waals surface area contributed by atoms with Crippen molar-refractivity contribution in [2.45, 2.75) is 6.54 Å². The van der Waals surface area contributed by atoms with E-state index in [0.29, 0.717) is 28.6 Å². The molecule has 2 aromatic heterocycles. The average molecular weight is 429 g/mol. The molecule has 1 aliphatic heterocycles. The van der Waals surface area contributed by atoms with E-state index in [4.69, 9.17) is 14.2 Å². The van der Waals surface area contributed by atoms with Crippen LogP contribution in [0.1, 0.15) is 16.2 Å². The minimum Gasteiger partial charge on any atom is -0.497 e. The number of carbonyl (C=O) groups is 1. The summed E-state index contributed by atoms with van der Waals surface area (Å²) < 4.78 is 15.9. The van der Waals surface area contributed by atoms with Gasteiger partial charge < -0.3 is 19.5 Å². The highest BCUT2D eigenvalue weighted by Crippen LogP contribution is 2.35. The Balaban J connectivity index is 1.25. The molecule has 0 unspecified atom stereocenters. The molecule has 32 heavy (non-hydrogen) atoms. The number of ether oxygens (including phenoxy) is 3. The van der Waals surface area contributed by atoms with Gasteiger partial charge in [0.25, 0.3) is 5.91 Å². The fraction of sp³-hybridized carbons (Fsp3) is 0.130. The summed E-state index contributed by atoms with van der Waals surface area (Å²) in [5, 5.41) is 9.87. The van der Waals surface area contributed by atoms with E-state index < -0.39 is 0 Å². The molecule has 0 saturated carbocycles. The zero-order valence-corrected chi connectivity index (χ0v) is 17.2. The third-order valence-electron chi connectivity index (χ3n) is 5.03. The van der Waals surface area contributed by atoms with E-state index in [2.05, 4.69) is 25.5 Å². The Labute approximate surface area is 183 Å². The van der Waals surface area contributed by atoms with E-state index in [1.54, 1.807) is 13.2 Å². The number of fused-ring (bicyclic) bond motifs is 1. The molecule has 9 nitrogen and oxygen atoms in total. The fourth-order valence-corrected chi connectivity index (χ4v) is 3.32. The second kappa shape index (κ2) is 8.38. The lowest BCUT2D eigenvalue weighted by molar-refractivity contribution is 0.0945. The van der Waals surface area contributed by atoms with Gasteiger partial charge in [0, 0.05) is 11.1 Å². The number of aromatic amines is 1. The summed E-state index contributed by atoms with van der Waals surface area (Å²) in [6, 6.07) is 16.6. The predicted molar refractivity (Wildman–Crippen MR) is 115 cm³/mol. The zero-order valence-electron chi connectivity index (χ0n) is 17.2. The second-order valence-electron chi connectivity index (χ2n) is 7.04. The average Bonchev–Trinajstić information content (AvgIpc) is 3.52. The number of nitrogens with one attached hydrogen (secondary N) is 2. The highest BCUT2D eigenvalue weighted by molar-refractivity contribution is 5.93. The fourth-order valence-electron chi connectivity index (χ4n) is 3.32. The summed E-state index contributed by atoms with van der Waals surface area (Å²) in [6.07, 6.45) is 1.48. The Morgan fingerprint density at radius 1 is 1.00 bits per heavy atom. The molecule has 0 saturated heterocycles. The summed E-state index contributed by atoms with van der Waals surface area (Å²) in [4.78, 5) is 21.2. The zero-order chi connectivity index (χ0) is 21.9. The van der Waals surface area contributed by atoms with Gasteiger partial charge in [0.15, 0.2) is 11.5 Å². The molecule has 3 heterocycles. The lowest BCUT2D eigenvalue weighted by atomic mass is 10.1. The number of nitrogens with zero attached hydrogens (tertiary/aromatic N) is 3. The van der Waals surface area contributed by atoms with E-state index in [9.17, 15) is 4.79 Å². The Morgan fingerprint density at radius 2 is 1.81 bits per heavy atom. The van der Waals surface area contributed by atoms with Crippen molar-refractivity contribution in [3.63, 3.8) is 0 Å². The third kappa shape index (κ3) is 3.95. The largest absolute Gasteiger partial charge is 0.497 e. The number of hydrogen-bond donors (Lipinski definition) is 2. The lowest BCUT2D eigenvalue weighted by Gasteiger charge is -2.06. The highest BCUT2D eigenvalue weighted by Gasteiger charge is 2.16. The third-order valence-corrected chi connectivity index (χ3v) is 5.03. The minimum atomic E-state index is -0.283. The van der Waals surface area contributed by atoms with Crippen molar-refractivity contribution in [1.82, 2.24) is 25.5 Å². The molecule has 2 N–H and O–H groups in total. The molecule has 0 aliphatic carbocycles. The summed E-state index contributed by atoms with van der Waals surface area (Å²) in [6.45, 7) is 0.457. The molecule has 9 heteroatoms. The molecule has 4 aromatic rings. The molecular formula is C23H19N5O4. The first-order valence-corrected chi connectivity index (χ1v) is 9.88. The van der Waals surface area contributed by atoms with Crippen LogP contribution < -0.4 is 19.5 Å². The van der Waals surface area contributed by atoms with Crippen molar-refractivity contribution in [3.05, 3.63) is 72.3 Å². The molecule has 0 fully saturated rings. The van der Waals surface area contributed by atoms with Gasteiger partial charge in [-0.1, -0.05) is 0 Å². The number of aromatic nitrogens is 4. The number of H-pyrrole nitrogens is 1. The first kappa shape index (κ1) is 19.6. The molecule has 0 radical (unpaired) electrons. The van der Waals surface area contributed by atoms with Gasteiger partial charge in [-0.25, -0.2) is 9.97 Å². The van der Waals surface area contributed by atoms with E-state index in [0.717, 1.165) is 22.6 Å². The van der Waals surface area contributed by atoms with Crippen LogP contribution in [-0.2, 0) is 6.54 Å². The molecule has 1 aliphatic rings. The summed E-state index contributed by atoms with van der Waals surface area (Å²) in [5.41, 5.74) is 4.19. The van der Waals surface area contributed by atoms with Crippen molar-refractivity contribution < 1.29 is 19.0 Å². The molecule has 1 amide bonds. The van der Waals surface area contributed by atoms with Gasteiger partial charge in [0.05, 0.1) is 30.7 Å². The van der Waals surface area contributed by atoms with Crippen molar-refractivity contribution in [2.75, 3.05) is 13.9 Å². The van der Waals surface area contributed by atoms with Crippen LogP contribution in [-0.4, -0.2) is 40.0 Å². The monoisotopic (exact) mass is 429 g/mol. The van der Waals surface area contributed by atoms with Crippen LogP contribution in [0.25, 0.3) is 22.5 Å². The molecule has 2 aromatic carbocycles. The number of amides is 1. The van der Waals surface area contributed by atoms with Gasteiger partial charge in [-0.05, 0) is 54.6 Å². The van der Waals surface area contributed by atoms with Gasteiger partial charge in [-0.3, -0.25) is 9.89 Å². The number of methoxy groups -OCH3 is 1. The van der Waals surface area contributed by atoms with Crippen LogP contribution in [0.5, 0.6) is 17.2 Å². The maximum atomic E-state index is 12.6. The van der Waals surface area contributed by atoms with E-state index in [-0.39, 0.29) is 19.2 Å². The maximum absolute atomic E-state index is 12.6. The van der Waals surface area contributed by atoms with Crippen LogP contribution in [0.3, 0.4) is 0 Å². The lowest BCUT2D eigenvalue weighted by Crippen LogP contribution is -2.23. The van der Waals surface area contributed by atoms with E-state index >= 15 is 0 Å². The Morgan fingerprint density at radius 3 is 2.66 bits per heavy atom. The van der Waals surface area contributed by atoms with Crippen LogP contribution in [0.15, 0.2) is 60.9 Å². The van der Waals surface area contributed by atoms with Crippen LogP contribution in [0.4, 0.5) is 0 Å². The predicted octanol–water partition coefficient (Wildman–Crippen LogP) is 3.20. The first-order chi connectivity index (χ1) is 15.7. The Kier molecular flexibility index (Phi) is 5.12. The van der Waals surface area contributed by atoms with Crippen molar-refractivity contribution in [3.8, 4) is 39.8 Å². The van der Waals surface area contributed by atoms with Crippen LogP contribution >= 0.6 is 0 Å². The number of hydrogen-bond acceptors (Lipinski definition) is 7. The smallest absolute Gasteiger partial charge is 0.269 e. The molecule has 0 bridgehead atoms. The first-order valence-electron chi connectivity index (χ1n) is 9.88. The number of carbonyl (C=O) groups excluding carboxylic acids is 1. The molecule has 5 rings (SSSR count). The van der Waals surface area contributed by atoms with Crippen molar-refractivity contribution in [2.24, 2.45) is 0 Å². The van der Waals surface area contributed by atoms with Gasteiger partial charge in [-0.15, -0.1) is 0 Å². The normalized spacial score (nSPS) is 11.9. The summed E-state index contributed by atoms with van der Waals surface area (Å²) in [5.74, 6) is 1.85. The van der Waals surface area contributed by atoms with Crippen LogP contribution in [0, 0.1) is 0 Å². The van der Waals surface area contributed by atoms with Crippen molar-refractivity contribution in [1.29, 1.82) is 0 Å². The Bertz CT molecular complexity index is 1270. The highest BCUT2D eigenvalue weighted by atomic mass is 16.7. The van der Waals surface area contributed by atoms with Gasteiger partial charge in [0.1, 0.15) is 17.8 Å². The quantitative estimate of drug-likeness (QED) is 0.484.